The average molecular weight is 1840 g/mol. The van der Waals surface area contributed by atoms with Crippen LogP contribution in [0.3, 0.4) is 0 Å². The highest BCUT2D eigenvalue weighted by atomic mass is 32.2. The standard InChI is InChI=1S/C94H121N17O20S/c1-54(106(15)89(123)130-93(9,10)11)79(112)99-77(91(3,4)5)85(118)108-50-66(110-48-64(101-104-110)52-128-68-34-28-56(29-35-68)42-71(95)88(122)127-17)46-75(108)83(116)97-72(44-58-26-32-60-22-18-20-24-62(60)40-58)81(114)96-73(82(115)103-132(125,126)70-38-39-70)43-57-30-36-69(37-31-57)129-53-65-49-111(105-102-65)67-47-76(84(117)98-74(87(120)121)45-59-27-33-61-23-19-21-25-63(61)41-59)109(51-67)86(119)78(92(6,7)8)100-80(113)55(2)107(16)90(124)131-94(12,13)14/h18-37,40-41,48-49,54-55,66-67,70-78H,38-39,42-47,50-53,95H2,1-17H3,(H,96,114)(H,97,116)(H,98,117)(H,99,112)(H,100,113)(H,103,115)(H,120,121)/t54?,55?,66-,67-,71?,72?,73?,74?,75+,76+,77?,78?/m1/s1. The zero-order valence-corrected chi connectivity index (χ0v) is 78.3. The second-order valence-corrected chi connectivity index (χ2v) is 40.2. The number of nitrogens with one attached hydrogen (secondary N) is 6. The van der Waals surface area contributed by atoms with Gasteiger partial charge in [0, 0.05) is 59.3 Å². The van der Waals surface area contributed by atoms with Gasteiger partial charge in [0.1, 0.15) is 108 Å². The van der Waals surface area contributed by atoms with Crippen molar-refractivity contribution in [1.82, 2.24) is 80.9 Å². The number of amides is 10. The van der Waals surface area contributed by atoms with Gasteiger partial charge >= 0.3 is 24.1 Å². The number of benzene rings is 6. The van der Waals surface area contributed by atoms with Crippen LogP contribution in [0.25, 0.3) is 21.5 Å². The highest BCUT2D eigenvalue weighted by Gasteiger charge is 2.50. The number of sulfonamides is 1. The van der Waals surface area contributed by atoms with Crippen molar-refractivity contribution >= 4 is 103 Å². The first-order chi connectivity index (χ1) is 62.0. The van der Waals surface area contributed by atoms with E-state index in [1.54, 1.807) is 156 Å². The lowest BCUT2D eigenvalue weighted by atomic mass is 9.85. The number of carboxylic acids is 1. The molecule has 8 unspecified atom stereocenters. The lowest BCUT2D eigenvalue weighted by Crippen LogP contribution is -2.61. The van der Waals surface area contributed by atoms with E-state index >= 15 is 19.2 Å². The van der Waals surface area contributed by atoms with Crippen LogP contribution in [0, 0.1) is 10.8 Å². The molecule has 11 rings (SSSR count). The Morgan fingerprint density at radius 1 is 0.492 bits per heavy atom. The van der Waals surface area contributed by atoms with Crippen LogP contribution in [0.5, 0.6) is 11.5 Å². The van der Waals surface area contributed by atoms with E-state index in [4.69, 9.17) is 29.4 Å². The third-order valence-electron chi connectivity index (χ3n) is 23.3. The van der Waals surface area contributed by atoms with Crippen molar-refractivity contribution in [3.8, 4) is 11.5 Å². The molecule has 2 aromatic heterocycles. The quantitative estimate of drug-likeness (QED) is 0.0145. The van der Waals surface area contributed by atoms with Crippen LogP contribution in [0.2, 0.25) is 0 Å². The summed E-state index contributed by atoms with van der Waals surface area (Å²) in [7, 11) is -0.218. The minimum absolute atomic E-state index is 0.0779. The van der Waals surface area contributed by atoms with Gasteiger partial charge in [-0.25, -0.2) is 32.2 Å². The predicted molar refractivity (Wildman–Crippen MR) is 486 cm³/mol. The number of carbonyl (C=O) groups is 12. The number of fused-ring (bicyclic) bond motifs is 2. The molecule has 2 aliphatic heterocycles. The van der Waals surface area contributed by atoms with Crippen LogP contribution in [-0.2, 0) is 111 Å². The van der Waals surface area contributed by atoms with Crippen LogP contribution in [-0.4, -0.2) is 246 Å². The SMILES string of the molecule is COC(=O)C(N)Cc1ccc(OCc2cn([C@@H]3C[C@@H](C(=O)NC(Cc4ccc5ccccc5c4)C(=O)NC(Cc4ccc(OCc5cn([C@@H]6C[C@@H](C(=O)NC(Cc7ccc8ccccc8c7)C(=O)O)N(C(=O)C(NC(=O)C(C)N(C)C(=O)OC(C)(C)C)C(C)(C)C)C6)nn5)cc4)C(=O)NS(=O)(=O)C4CC4)N(C(=O)C(NC(=O)C(C)N(C)C(=O)OC(C)(C)C)C(C)(C)C)C3)nn2)cc1. The fourth-order valence-corrected chi connectivity index (χ4v) is 16.7. The van der Waals surface area contributed by atoms with E-state index in [1.165, 1.54) is 54.2 Å². The predicted octanol–water partition coefficient (Wildman–Crippen LogP) is 7.11. The van der Waals surface area contributed by atoms with Gasteiger partial charge in [-0.05, 0) is 154 Å². The molecule has 0 spiro atoms. The molecule has 37 nitrogen and oxygen atoms in total. The third kappa shape index (κ3) is 26.2. The first kappa shape index (κ1) is 99.4. The van der Waals surface area contributed by atoms with E-state index < -0.39 is 181 Å². The summed E-state index contributed by atoms with van der Waals surface area (Å²) < 4.78 is 60.6. The van der Waals surface area contributed by atoms with E-state index in [9.17, 15) is 51.9 Å². The molecule has 1 aliphatic carbocycles. The highest BCUT2D eigenvalue weighted by molar-refractivity contribution is 7.91. The molecule has 0 bridgehead atoms. The number of esters is 1. The number of likely N-dealkylation sites (tertiary alicyclic amines) is 2. The molecular formula is C94H121N17O20S. The van der Waals surface area contributed by atoms with E-state index in [0.29, 0.717) is 28.1 Å². The van der Waals surface area contributed by atoms with Gasteiger partial charge in [0.2, 0.25) is 51.4 Å². The van der Waals surface area contributed by atoms with Gasteiger partial charge in [-0.1, -0.05) is 161 Å². The Bertz CT molecular complexity index is 5680. The Hall–Kier alpha value is -13.1. The van der Waals surface area contributed by atoms with Crippen molar-refractivity contribution in [2.24, 2.45) is 16.6 Å². The summed E-state index contributed by atoms with van der Waals surface area (Å²) in [5.41, 5.74) is 5.11. The van der Waals surface area contributed by atoms with E-state index in [2.05, 4.69) is 51.9 Å². The topological polar surface area (TPSA) is 478 Å². The Morgan fingerprint density at radius 3 is 1.27 bits per heavy atom. The van der Waals surface area contributed by atoms with Gasteiger partial charge in [0.05, 0.1) is 36.8 Å². The molecule has 708 valence electrons. The molecule has 12 atom stereocenters. The molecule has 8 aromatic rings. The van der Waals surface area contributed by atoms with Gasteiger partial charge in [0.15, 0.2) is 0 Å². The summed E-state index contributed by atoms with van der Waals surface area (Å²) in [5.74, 6) is -7.59. The summed E-state index contributed by atoms with van der Waals surface area (Å²) in [6.07, 6.45) is 1.52. The number of carboxylic acid groups (broad SMARTS) is 1. The summed E-state index contributed by atoms with van der Waals surface area (Å²) >= 11 is 0. The number of nitrogens with zero attached hydrogens (tertiary/aromatic N) is 10. The summed E-state index contributed by atoms with van der Waals surface area (Å²) in [6, 6.07) is 24.4. The Morgan fingerprint density at radius 2 is 0.871 bits per heavy atom. The van der Waals surface area contributed by atoms with Crippen LogP contribution in [0.1, 0.15) is 168 Å². The van der Waals surface area contributed by atoms with E-state index in [-0.39, 0.29) is 89.1 Å². The number of aliphatic carboxylic acids is 1. The molecule has 1 saturated carbocycles. The molecule has 3 aliphatic rings. The summed E-state index contributed by atoms with van der Waals surface area (Å²) in [4.78, 5) is 176. The van der Waals surface area contributed by atoms with Gasteiger partial charge in [-0.15, -0.1) is 10.2 Å². The average Bonchev–Trinajstić information content (AvgIpc) is 1.65. The van der Waals surface area contributed by atoms with Crippen molar-refractivity contribution in [2.75, 3.05) is 34.3 Å². The fourth-order valence-electron chi connectivity index (χ4n) is 15.4. The molecular weight excluding hydrogens is 1720 g/mol. The second-order valence-electron chi connectivity index (χ2n) is 38.2. The maximum Gasteiger partial charge on any atom is 0.410 e. The largest absolute Gasteiger partial charge is 0.487 e. The number of hydrogen-bond donors (Lipinski definition) is 8. The second kappa shape index (κ2) is 41.5. The normalized spacial score (nSPS) is 17.8. The monoisotopic (exact) mass is 1840 g/mol. The number of rotatable bonds is 35. The number of ether oxygens (including phenoxy) is 5. The van der Waals surface area contributed by atoms with Crippen LogP contribution in [0.4, 0.5) is 9.59 Å². The number of aromatic nitrogens is 6. The molecule has 0 radical (unpaired) electrons. The number of likely N-dealkylation sites (N-methyl/N-ethyl adjacent to an activating group) is 2. The minimum Gasteiger partial charge on any atom is -0.487 e. The van der Waals surface area contributed by atoms with Crippen molar-refractivity contribution in [2.45, 2.75) is 250 Å². The lowest BCUT2D eigenvalue weighted by Gasteiger charge is -2.37. The van der Waals surface area contributed by atoms with Gasteiger partial charge in [-0.2, -0.15) is 0 Å². The molecule has 2 saturated heterocycles. The molecule has 10 amide bonds. The smallest absolute Gasteiger partial charge is 0.410 e. The molecule has 6 aromatic carbocycles. The highest BCUT2D eigenvalue weighted by Crippen LogP contribution is 2.36. The zero-order chi connectivity index (χ0) is 96.4. The Balaban J connectivity index is 0.834. The summed E-state index contributed by atoms with van der Waals surface area (Å²) in [5, 5.41) is 44.8. The Kier molecular flexibility index (Phi) is 31.3. The third-order valence-corrected chi connectivity index (χ3v) is 25.1. The van der Waals surface area contributed by atoms with E-state index in [1.807, 2.05) is 72.8 Å². The van der Waals surface area contributed by atoms with Crippen molar-refractivity contribution in [3.63, 3.8) is 0 Å². The molecule has 4 heterocycles. The fraction of sp³-hybridized carbons (Fsp3) is 0.489. The molecule has 132 heavy (non-hydrogen) atoms. The van der Waals surface area contributed by atoms with Gasteiger partial charge in [-0.3, -0.25) is 57.7 Å². The van der Waals surface area contributed by atoms with Crippen LogP contribution < -0.4 is 46.5 Å². The lowest BCUT2D eigenvalue weighted by molar-refractivity contribution is -0.146. The van der Waals surface area contributed by atoms with Gasteiger partial charge < -0.3 is 70.9 Å². The first-order valence-electron chi connectivity index (χ1n) is 43.9. The number of carbonyl (C=O) groups excluding carboxylic acids is 11. The maximum absolute atomic E-state index is 15.7. The number of hydrogen-bond acceptors (Lipinski definition) is 24. The Labute approximate surface area is 767 Å². The minimum atomic E-state index is -4.25. The number of nitrogens with two attached hydrogens (primary N) is 1. The van der Waals surface area contributed by atoms with Crippen molar-refractivity contribution in [1.29, 1.82) is 0 Å². The summed E-state index contributed by atoms with van der Waals surface area (Å²) in [6.45, 7) is 22.7. The van der Waals surface area contributed by atoms with Crippen molar-refractivity contribution < 1.29 is 94.7 Å². The van der Waals surface area contributed by atoms with Crippen molar-refractivity contribution in [3.05, 3.63) is 179 Å². The maximum atomic E-state index is 15.7. The van der Waals surface area contributed by atoms with E-state index in [0.717, 1.165) is 36.9 Å². The molecule has 9 N–H and O–H groups in total. The zero-order valence-electron chi connectivity index (χ0n) is 77.5. The number of methoxy groups -OCH3 is 1. The molecule has 38 heteroatoms. The van der Waals surface area contributed by atoms with Gasteiger partial charge in [0.25, 0.3) is 5.91 Å². The molecule has 3 fully saturated rings. The first-order valence-corrected chi connectivity index (χ1v) is 45.4. The van der Waals surface area contributed by atoms with Crippen LogP contribution >= 0.6 is 0 Å². The van der Waals surface area contributed by atoms with Crippen LogP contribution in [0.15, 0.2) is 146 Å².